The Labute approximate surface area is 121 Å². The van der Waals surface area contributed by atoms with E-state index in [-0.39, 0.29) is 6.10 Å². The third kappa shape index (κ3) is 2.27. The average Bonchev–Trinajstić information content (AvgIpc) is 2.78. The third-order valence-electron chi connectivity index (χ3n) is 3.54. The van der Waals surface area contributed by atoms with Crippen LogP contribution in [0.25, 0.3) is 11.0 Å². The highest BCUT2D eigenvalue weighted by Gasteiger charge is 2.22. The van der Waals surface area contributed by atoms with E-state index in [1.807, 2.05) is 16.7 Å². The second kappa shape index (κ2) is 5.42. The molecule has 1 aliphatic heterocycles. The van der Waals surface area contributed by atoms with Crippen molar-refractivity contribution in [2.45, 2.75) is 24.9 Å². The van der Waals surface area contributed by atoms with Gasteiger partial charge in [0.2, 0.25) is 0 Å². The van der Waals surface area contributed by atoms with E-state index in [1.54, 1.807) is 6.07 Å². The van der Waals surface area contributed by atoms with Gasteiger partial charge in [0, 0.05) is 17.7 Å². The van der Waals surface area contributed by atoms with Crippen molar-refractivity contribution < 1.29 is 14.3 Å². The number of carbonyl (C=O) groups is 1. The summed E-state index contributed by atoms with van der Waals surface area (Å²) >= 11 is 6.00. The molecule has 0 N–H and O–H groups in total. The quantitative estimate of drug-likeness (QED) is 0.641. The number of aromatic nitrogens is 2. The molecule has 0 bridgehead atoms. The standard InChI is InChI=1S/C14H15ClN2O3/c1-19-14(18)12-3-2-9-6-10(7-15)17(13(9)16-12)8-11-4-5-20-11/h2-3,6,11H,4-5,7-8H2,1H3/t11-/m0/s1. The van der Waals surface area contributed by atoms with E-state index in [4.69, 9.17) is 21.1 Å². The van der Waals surface area contributed by atoms with Crippen LogP contribution in [-0.4, -0.2) is 35.3 Å². The molecule has 2 aromatic heterocycles. The Balaban J connectivity index is 2.05. The number of nitrogens with zero attached hydrogens (tertiary/aromatic N) is 2. The van der Waals surface area contributed by atoms with Crippen LogP contribution in [0.15, 0.2) is 18.2 Å². The Morgan fingerprint density at radius 1 is 1.60 bits per heavy atom. The number of hydrogen-bond donors (Lipinski definition) is 0. The molecule has 0 aliphatic carbocycles. The molecular formula is C14H15ClN2O3. The number of rotatable bonds is 4. The SMILES string of the molecule is COC(=O)c1ccc2cc(CCl)n(C[C@@H]3CCO3)c2n1. The Morgan fingerprint density at radius 2 is 2.40 bits per heavy atom. The van der Waals surface area contributed by atoms with Crippen LogP contribution >= 0.6 is 11.6 Å². The molecular weight excluding hydrogens is 280 g/mol. The highest BCUT2D eigenvalue weighted by Crippen LogP contribution is 2.23. The first-order valence-corrected chi connectivity index (χ1v) is 7.01. The minimum Gasteiger partial charge on any atom is -0.464 e. The summed E-state index contributed by atoms with van der Waals surface area (Å²) < 4.78 is 12.2. The predicted molar refractivity (Wildman–Crippen MR) is 75.0 cm³/mol. The molecule has 1 aliphatic rings. The summed E-state index contributed by atoms with van der Waals surface area (Å²) in [7, 11) is 1.35. The topological polar surface area (TPSA) is 53.4 Å². The number of hydrogen-bond acceptors (Lipinski definition) is 4. The fraction of sp³-hybridized carbons (Fsp3) is 0.429. The molecule has 0 saturated carbocycles. The van der Waals surface area contributed by atoms with Crippen LogP contribution < -0.4 is 0 Å². The summed E-state index contributed by atoms with van der Waals surface area (Å²) in [4.78, 5) is 16.0. The largest absolute Gasteiger partial charge is 0.464 e. The highest BCUT2D eigenvalue weighted by molar-refractivity contribution is 6.17. The second-order valence-electron chi connectivity index (χ2n) is 4.76. The normalized spacial score (nSPS) is 18.0. The zero-order valence-corrected chi connectivity index (χ0v) is 11.9. The zero-order valence-electron chi connectivity index (χ0n) is 11.1. The van der Waals surface area contributed by atoms with Gasteiger partial charge in [0.1, 0.15) is 5.65 Å². The molecule has 0 spiro atoms. The lowest BCUT2D eigenvalue weighted by Gasteiger charge is -2.27. The van der Waals surface area contributed by atoms with Crippen LogP contribution in [-0.2, 0) is 21.9 Å². The fourth-order valence-electron chi connectivity index (χ4n) is 2.35. The van der Waals surface area contributed by atoms with Crippen LogP contribution in [0.4, 0.5) is 0 Å². The van der Waals surface area contributed by atoms with Crippen molar-refractivity contribution in [2.75, 3.05) is 13.7 Å². The molecule has 0 radical (unpaired) electrons. The van der Waals surface area contributed by atoms with E-state index in [9.17, 15) is 4.79 Å². The molecule has 1 saturated heterocycles. The maximum atomic E-state index is 11.6. The van der Waals surface area contributed by atoms with Crippen molar-refractivity contribution >= 4 is 28.6 Å². The molecule has 1 fully saturated rings. The number of halogens is 1. The second-order valence-corrected chi connectivity index (χ2v) is 5.03. The van der Waals surface area contributed by atoms with Crippen molar-refractivity contribution in [3.63, 3.8) is 0 Å². The number of ether oxygens (including phenoxy) is 2. The van der Waals surface area contributed by atoms with Crippen LogP contribution in [0, 0.1) is 0 Å². The van der Waals surface area contributed by atoms with E-state index in [0.717, 1.165) is 29.8 Å². The van der Waals surface area contributed by atoms with Gasteiger partial charge in [-0.2, -0.15) is 0 Å². The molecule has 106 valence electrons. The molecule has 20 heavy (non-hydrogen) atoms. The molecule has 5 nitrogen and oxygen atoms in total. The van der Waals surface area contributed by atoms with E-state index < -0.39 is 5.97 Å². The molecule has 6 heteroatoms. The van der Waals surface area contributed by atoms with Crippen molar-refractivity contribution in [1.29, 1.82) is 0 Å². The number of carbonyl (C=O) groups excluding carboxylic acids is 1. The number of fused-ring (bicyclic) bond motifs is 1. The maximum absolute atomic E-state index is 11.6. The van der Waals surface area contributed by atoms with Gasteiger partial charge in [-0.1, -0.05) is 0 Å². The summed E-state index contributed by atoms with van der Waals surface area (Å²) in [6, 6.07) is 5.52. The number of methoxy groups -OCH3 is 1. The van der Waals surface area contributed by atoms with Crippen molar-refractivity contribution in [1.82, 2.24) is 9.55 Å². The van der Waals surface area contributed by atoms with E-state index in [1.165, 1.54) is 7.11 Å². The first-order chi connectivity index (χ1) is 9.72. The van der Waals surface area contributed by atoms with Gasteiger partial charge in [0.15, 0.2) is 5.69 Å². The minimum atomic E-state index is -0.438. The smallest absolute Gasteiger partial charge is 0.356 e. The maximum Gasteiger partial charge on any atom is 0.356 e. The van der Waals surface area contributed by atoms with Gasteiger partial charge >= 0.3 is 5.97 Å². The number of pyridine rings is 1. The summed E-state index contributed by atoms with van der Waals surface area (Å²) in [6.07, 6.45) is 1.24. The van der Waals surface area contributed by atoms with Crippen LogP contribution in [0.3, 0.4) is 0 Å². The highest BCUT2D eigenvalue weighted by atomic mass is 35.5. The summed E-state index contributed by atoms with van der Waals surface area (Å²) in [6.45, 7) is 1.52. The first kappa shape index (κ1) is 13.4. The third-order valence-corrected chi connectivity index (χ3v) is 3.81. The van der Waals surface area contributed by atoms with Crippen LogP contribution in [0.1, 0.15) is 22.6 Å². The van der Waals surface area contributed by atoms with Gasteiger partial charge in [0.25, 0.3) is 0 Å². The monoisotopic (exact) mass is 294 g/mol. The van der Waals surface area contributed by atoms with Gasteiger partial charge in [-0.3, -0.25) is 0 Å². The average molecular weight is 295 g/mol. The van der Waals surface area contributed by atoms with Crippen molar-refractivity contribution in [3.8, 4) is 0 Å². The summed E-state index contributed by atoms with van der Waals surface area (Å²) in [5, 5.41) is 0.965. The van der Waals surface area contributed by atoms with Gasteiger partial charge in [-0.15, -0.1) is 11.6 Å². The van der Waals surface area contributed by atoms with E-state index in [2.05, 4.69) is 4.98 Å². The van der Waals surface area contributed by atoms with E-state index >= 15 is 0 Å². The Hall–Kier alpha value is -1.59. The molecule has 1 atom stereocenters. The predicted octanol–water partition coefficient (Wildman–Crippen LogP) is 2.35. The molecule has 0 amide bonds. The van der Waals surface area contributed by atoms with Gasteiger partial charge < -0.3 is 14.0 Å². The lowest BCUT2D eigenvalue weighted by Crippen LogP contribution is -2.31. The van der Waals surface area contributed by atoms with Crippen molar-refractivity contribution in [3.05, 3.63) is 29.6 Å². The molecule has 2 aromatic rings. The molecule has 0 aromatic carbocycles. The van der Waals surface area contributed by atoms with Crippen LogP contribution in [0.2, 0.25) is 0 Å². The molecule has 3 rings (SSSR count). The van der Waals surface area contributed by atoms with Gasteiger partial charge in [0.05, 0.1) is 25.6 Å². The van der Waals surface area contributed by atoms with Crippen molar-refractivity contribution in [2.24, 2.45) is 0 Å². The Morgan fingerprint density at radius 3 is 3.00 bits per heavy atom. The number of alkyl halides is 1. The summed E-state index contributed by atoms with van der Waals surface area (Å²) in [5.41, 5.74) is 2.03. The Kier molecular flexibility index (Phi) is 3.63. The molecule has 3 heterocycles. The van der Waals surface area contributed by atoms with E-state index in [0.29, 0.717) is 18.1 Å². The lowest BCUT2D eigenvalue weighted by molar-refractivity contribution is -0.0589. The zero-order chi connectivity index (χ0) is 14.1. The fourth-order valence-corrected chi connectivity index (χ4v) is 2.57. The first-order valence-electron chi connectivity index (χ1n) is 6.48. The molecule has 0 unspecified atom stereocenters. The van der Waals surface area contributed by atoms with Gasteiger partial charge in [-0.25, -0.2) is 9.78 Å². The lowest BCUT2D eigenvalue weighted by atomic mass is 10.2. The summed E-state index contributed by atoms with van der Waals surface area (Å²) in [5.74, 6) is -0.0386. The van der Waals surface area contributed by atoms with Crippen LogP contribution in [0.5, 0.6) is 0 Å². The Bertz CT molecular complexity index is 649. The minimum absolute atomic E-state index is 0.205. The van der Waals surface area contributed by atoms with Gasteiger partial charge in [-0.05, 0) is 24.6 Å². The number of esters is 1.